The lowest BCUT2D eigenvalue weighted by Gasteiger charge is -2.09. The zero-order valence-electron chi connectivity index (χ0n) is 14.1. The van der Waals surface area contributed by atoms with Gasteiger partial charge in [-0.2, -0.15) is 0 Å². The maximum Gasteiger partial charge on any atom is 0.274 e. The van der Waals surface area contributed by atoms with Crippen LogP contribution in [0.15, 0.2) is 30.3 Å². The fourth-order valence-corrected chi connectivity index (χ4v) is 2.05. The zero-order valence-corrected chi connectivity index (χ0v) is 14.1. The van der Waals surface area contributed by atoms with Crippen molar-refractivity contribution in [1.82, 2.24) is 9.97 Å². The first-order chi connectivity index (χ1) is 11.6. The van der Waals surface area contributed by atoms with Crippen molar-refractivity contribution in [1.29, 1.82) is 0 Å². The number of carbonyl (C=O) groups is 1. The van der Waals surface area contributed by atoms with Gasteiger partial charge in [-0.25, -0.2) is 9.97 Å². The van der Waals surface area contributed by atoms with Crippen molar-refractivity contribution in [3.63, 3.8) is 0 Å². The van der Waals surface area contributed by atoms with Gasteiger partial charge in [0.15, 0.2) is 0 Å². The predicted molar refractivity (Wildman–Crippen MR) is 92.7 cm³/mol. The second-order valence-electron chi connectivity index (χ2n) is 5.14. The van der Waals surface area contributed by atoms with Gasteiger partial charge < -0.3 is 20.1 Å². The summed E-state index contributed by atoms with van der Waals surface area (Å²) in [6.07, 6.45) is 0.806. The molecule has 0 bridgehead atoms. The number of benzene rings is 1. The Morgan fingerprint density at radius 1 is 1.21 bits per heavy atom. The van der Waals surface area contributed by atoms with E-state index in [1.54, 1.807) is 32.4 Å². The minimum Gasteiger partial charge on any atom is -0.493 e. The van der Waals surface area contributed by atoms with Crippen molar-refractivity contribution < 1.29 is 14.3 Å². The molecule has 0 saturated carbocycles. The van der Waals surface area contributed by atoms with Crippen molar-refractivity contribution >= 4 is 17.5 Å². The van der Waals surface area contributed by atoms with Gasteiger partial charge in [0, 0.05) is 44.6 Å². The molecule has 0 fully saturated rings. The van der Waals surface area contributed by atoms with E-state index >= 15 is 0 Å². The van der Waals surface area contributed by atoms with E-state index in [4.69, 9.17) is 9.47 Å². The Kier molecular flexibility index (Phi) is 6.51. The number of nitrogens with zero attached hydrogens (tertiary/aromatic N) is 2. The number of carbonyl (C=O) groups excluding carboxylic acids is 1. The van der Waals surface area contributed by atoms with E-state index in [1.807, 2.05) is 19.1 Å². The van der Waals surface area contributed by atoms with Crippen LogP contribution in [0.25, 0.3) is 0 Å². The molecule has 128 valence electrons. The first-order valence-electron chi connectivity index (χ1n) is 7.69. The summed E-state index contributed by atoms with van der Waals surface area (Å²) in [6.45, 7) is 3.02. The minimum atomic E-state index is -0.298. The number of hydrogen-bond acceptors (Lipinski definition) is 6. The van der Waals surface area contributed by atoms with Gasteiger partial charge >= 0.3 is 0 Å². The number of ether oxygens (including phenoxy) is 2. The van der Waals surface area contributed by atoms with Crippen LogP contribution in [0.5, 0.6) is 5.75 Å². The molecule has 7 nitrogen and oxygen atoms in total. The fourth-order valence-electron chi connectivity index (χ4n) is 2.05. The van der Waals surface area contributed by atoms with E-state index in [0.717, 1.165) is 12.1 Å². The van der Waals surface area contributed by atoms with Gasteiger partial charge in [0.1, 0.15) is 11.4 Å². The molecule has 0 unspecified atom stereocenters. The van der Waals surface area contributed by atoms with Gasteiger partial charge in [0.25, 0.3) is 5.91 Å². The number of hydrogen-bond donors (Lipinski definition) is 2. The highest BCUT2D eigenvalue weighted by atomic mass is 16.5. The Bertz CT molecular complexity index is 691. The van der Waals surface area contributed by atoms with Crippen molar-refractivity contribution in [3.05, 3.63) is 41.7 Å². The highest BCUT2D eigenvalue weighted by molar-refractivity contribution is 6.03. The minimum absolute atomic E-state index is 0.298. The Balaban J connectivity index is 2.02. The molecule has 0 aliphatic rings. The summed E-state index contributed by atoms with van der Waals surface area (Å²) in [5.74, 6) is 0.808. The maximum atomic E-state index is 12.4. The van der Waals surface area contributed by atoms with Crippen LogP contribution in [0, 0.1) is 6.92 Å². The molecule has 24 heavy (non-hydrogen) atoms. The molecule has 1 aromatic heterocycles. The van der Waals surface area contributed by atoms with Gasteiger partial charge in [-0.15, -0.1) is 0 Å². The van der Waals surface area contributed by atoms with Crippen LogP contribution in [-0.2, 0) is 4.74 Å². The molecule has 7 heteroatoms. The number of aryl methyl sites for hydroxylation is 1. The standard InChI is InChI=1S/C17H22N4O3/c1-12-10-15(21-17(18-2)19-12)16(22)20-13-6-4-7-14(11-13)24-9-5-8-23-3/h4,6-7,10-11H,5,8-9H2,1-3H3,(H,20,22)(H,18,19,21). The number of aromatic nitrogens is 2. The van der Waals surface area contributed by atoms with E-state index in [9.17, 15) is 4.79 Å². The molecule has 2 rings (SSSR count). The quantitative estimate of drug-likeness (QED) is 0.723. The van der Waals surface area contributed by atoms with Crippen LogP contribution in [0.2, 0.25) is 0 Å². The second kappa shape index (κ2) is 8.83. The van der Waals surface area contributed by atoms with E-state index in [-0.39, 0.29) is 5.91 Å². The average molecular weight is 330 g/mol. The highest BCUT2D eigenvalue weighted by Crippen LogP contribution is 2.18. The Morgan fingerprint density at radius 3 is 2.79 bits per heavy atom. The third-order valence-corrected chi connectivity index (χ3v) is 3.16. The van der Waals surface area contributed by atoms with Crippen LogP contribution in [0.1, 0.15) is 22.6 Å². The number of anilines is 2. The zero-order chi connectivity index (χ0) is 17.4. The molecule has 1 heterocycles. The average Bonchev–Trinajstić information content (AvgIpc) is 2.58. The number of methoxy groups -OCH3 is 1. The van der Waals surface area contributed by atoms with Crippen LogP contribution in [0.4, 0.5) is 11.6 Å². The molecule has 0 radical (unpaired) electrons. The van der Waals surface area contributed by atoms with Gasteiger partial charge in [-0.1, -0.05) is 6.07 Å². The van der Waals surface area contributed by atoms with E-state index in [0.29, 0.717) is 36.3 Å². The maximum absolute atomic E-state index is 12.4. The van der Waals surface area contributed by atoms with Gasteiger partial charge in [0.2, 0.25) is 5.95 Å². The summed E-state index contributed by atoms with van der Waals surface area (Å²) < 4.78 is 10.6. The van der Waals surface area contributed by atoms with Gasteiger partial charge in [-0.3, -0.25) is 4.79 Å². The van der Waals surface area contributed by atoms with Crippen LogP contribution in [-0.4, -0.2) is 43.2 Å². The molecule has 2 aromatic rings. The highest BCUT2D eigenvalue weighted by Gasteiger charge is 2.11. The summed E-state index contributed by atoms with van der Waals surface area (Å²) >= 11 is 0. The van der Waals surface area contributed by atoms with Crippen LogP contribution >= 0.6 is 0 Å². The summed E-state index contributed by atoms with van der Waals surface area (Å²) in [5, 5.41) is 5.65. The summed E-state index contributed by atoms with van der Waals surface area (Å²) in [7, 11) is 3.37. The van der Waals surface area contributed by atoms with Gasteiger partial charge in [0.05, 0.1) is 6.61 Å². The summed E-state index contributed by atoms with van der Waals surface area (Å²) in [4.78, 5) is 20.7. The first-order valence-corrected chi connectivity index (χ1v) is 7.69. The first kappa shape index (κ1) is 17.7. The Hall–Kier alpha value is -2.67. The van der Waals surface area contributed by atoms with Crippen molar-refractivity contribution in [2.45, 2.75) is 13.3 Å². The largest absolute Gasteiger partial charge is 0.493 e. The van der Waals surface area contributed by atoms with Crippen molar-refractivity contribution in [2.24, 2.45) is 0 Å². The monoisotopic (exact) mass is 330 g/mol. The molecule has 1 aromatic carbocycles. The predicted octanol–water partition coefficient (Wildman–Crippen LogP) is 2.49. The molecule has 0 aliphatic heterocycles. The van der Waals surface area contributed by atoms with E-state index in [2.05, 4.69) is 20.6 Å². The Labute approximate surface area is 141 Å². The van der Waals surface area contributed by atoms with Crippen LogP contribution < -0.4 is 15.4 Å². The lowest BCUT2D eigenvalue weighted by Crippen LogP contribution is -2.15. The molecule has 0 atom stereocenters. The Morgan fingerprint density at radius 2 is 2.04 bits per heavy atom. The van der Waals surface area contributed by atoms with Crippen molar-refractivity contribution in [2.75, 3.05) is 38.0 Å². The van der Waals surface area contributed by atoms with Crippen LogP contribution in [0.3, 0.4) is 0 Å². The normalized spacial score (nSPS) is 10.3. The number of rotatable bonds is 8. The lowest BCUT2D eigenvalue weighted by molar-refractivity contribution is 0.102. The summed E-state index contributed by atoms with van der Waals surface area (Å²) in [5.41, 5.74) is 1.67. The molecular weight excluding hydrogens is 308 g/mol. The SMILES string of the molecule is CNc1nc(C)cc(C(=O)Nc2cccc(OCCCOC)c2)n1. The lowest BCUT2D eigenvalue weighted by atomic mass is 10.2. The fraction of sp³-hybridized carbons (Fsp3) is 0.353. The molecule has 0 spiro atoms. The third-order valence-electron chi connectivity index (χ3n) is 3.16. The second-order valence-corrected chi connectivity index (χ2v) is 5.14. The van der Waals surface area contributed by atoms with Gasteiger partial charge in [-0.05, 0) is 25.1 Å². The topological polar surface area (TPSA) is 85.4 Å². The van der Waals surface area contributed by atoms with E-state index < -0.39 is 0 Å². The molecular formula is C17H22N4O3. The molecule has 1 amide bonds. The number of nitrogens with one attached hydrogen (secondary N) is 2. The number of amides is 1. The molecule has 0 saturated heterocycles. The summed E-state index contributed by atoms with van der Waals surface area (Å²) in [6, 6.07) is 8.88. The molecule has 2 N–H and O–H groups in total. The smallest absolute Gasteiger partial charge is 0.274 e. The molecule has 0 aliphatic carbocycles. The van der Waals surface area contributed by atoms with E-state index in [1.165, 1.54) is 0 Å². The third kappa shape index (κ3) is 5.20. The van der Waals surface area contributed by atoms with Crippen molar-refractivity contribution in [3.8, 4) is 5.75 Å².